The van der Waals surface area contributed by atoms with Gasteiger partial charge in [-0.05, 0) is 56.3 Å². The van der Waals surface area contributed by atoms with Crippen molar-refractivity contribution < 1.29 is 0 Å². The molecule has 2 heterocycles. The van der Waals surface area contributed by atoms with Gasteiger partial charge in [0, 0.05) is 23.5 Å². The summed E-state index contributed by atoms with van der Waals surface area (Å²) in [6.45, 7) is 2.88. The second-order valence-corrected chi connectivity index (χ2v) is 7.84. The average Bonchev–Trinajstić information content (AvgIpc) is 3.01. The van der Waals surface area contributed by atoms with E-state index in [0.717, 1.165) is 50.9 Å². The Hall–Kier alpha value is -1.69. The van der Waals surface area contributed by atoms with Crippen LogP contribution in [0.15, 0.2) is 41.8 Å². The van der Waals surface area contributed by atoms with Crippen molar-refractivity contribution in [2.75, 3.05) is 20.1 Å². The van der Waals surface area contributed by atoms with Crippen molar-refractivity contribution >= 4 is 17.2 Å². The topological polar surface area (TPSA) is 56.4 Å². The molecule has 4 nitrogen and oxygen atoms in total. The Kier molecular flexibility index (Phi) is 6.24. The minimum atomic E-state index is -0.0662. The van der Waals surface area contributed by atoms with Gasteiger partial charge in [-0.15, -0.1) is 11.3 Å². The van der Waals surface area contributed by atoms with E-state index in [1.807, 2.05) is 0 Å². The molecule has 134 valence electrons. The first-order valence-electron chi connectivity index (χ1n) is 9.05. The molecule has 1 unspecified atom stereocenters. The molecule has 0 radical (unpaired) electrons. The summed E-state index contributed by atoms with van der Waals surface area (Å²) in [5.41, 5.74) is 8.87. The molecule has 0 amide bonds. The second kappa shape index (κ2) is 8.61. The molecule has 1 atom stereocenters. The Labute approximate surface area is 154 Å². The highest BCUT2D eigenvalue weighted by Crippen LogP contribution is 2.24. The Morgan fingerprint density at radius 1 is 1.28 bits per heavy atom. The van der Waals surface area contributed by atoms with Crippen LogP contribution in [0.2, 0.25) is 0 Å². The van der Waals surface area contributed by atoms with Gasteiger partial charge in [-0.1, -0.05) is 30.3 Å². The first kappa shape index (κ1) is 18.1. The van der Waals surface area contributed by atoms with E-state index in [1.54, 1.807) is 11.3 Å². The van der Waals surface area contributed by atoms with Gasteiger partial charge in [0.15, 0.2) is 0 Å². The SMILES string of the molecule is CN(CCCC(N)N1CCCc2sccc2C1=N)Cc1ccccc1. The van der Waals surface area contributed by atoms with Gasteiger partial charge in [0.2, 0.25) is 0 Å². The summed E-state index contributed by atoms with van der Waals surface area (Å²) in [5.74, 6) is 0.610. The molecule has 5 heteroatoms. The van der Waals surface area contributed by atoms with Crippen LogP contribution in [-0.2, 0) is 13.0 Å². The molecule has 1 aliphatic rings. The molecule has 0 bridgehead atoms. The Balaban J connectivity index is 1.47. The first-order valence-corrected chi connectivity index (χ1v) is 9.93. The minimum Gasteiger partial charge on any atom is -0.341 e. The van der Waals surface area contributed by atoms with E-state index < -0.39 is 0 Å². The second-order valence-electron chi connectivity index (χ2n) is 6.84. The normalized spacial score (nSPS) is 16.0. The molecule has 1 aromatic heterocycles. The van der Waals surface area contributed by atoms with Gasteiger partial charge in [0.25, 0.3) is 0 Å². The summed E-state index contributed by atoms with van der Waals surface area (Å²) in [6.07, 6.45) is 4.05. The third-order valence-corrected chi connectivity index (χ3v) is 5.81. The maximum absolute atomic E-state index is 8.53. The predicted octanol–water partition coefficient (Wildman–Crippen LogP) is 3.52. The Morgan fingerprint density at radius 2 is 2.08 bits per heavy atom. The average molecular weight is 357 g/mol. The lowest BCUT2D eigenvalue weighted by Crippen LogP contribution is -2.46. The van der Waals surface area contributed by atoms with Crippen LogP contribution in [0.1, 0.15) is 35.3 Å². The number of rotatable bonds is 7. The summed E-state index contributed by atoms with van der Waals surface area (Å²) in [7, 11) is 2.16. The monoisotopic (exact) mass is 356 g/mol. The van der Waals surface area contributed by atoms with Crippen LogP contribution in [0.3, 0.4) is 0 Å². The highest BCUT2D eigenvalue weighted by atomic mass is 32.1. The fourth-order valence-corrected chi connectivity index (χ4v) is 4.38. The van der Waals surface area contributed by atoms with Crippen molar-refractivity contribution in [2.45, 2.75) is 38.4 Å². The number of hydrogen-bond acceptors (Lipinski definition) is 4. The molecule has 0 spiro atoms. The Morgan fingerprint density at radius 3 is 2.88 bits per heavy atom. The molecule has 1 aromatic carbocycles. The van der Waals surface area contributed by atoms with Crippen LogP contribution in [0, 0.1) is 5.41 Å². The van der Waals surface area contributed by atoms with Gasteiger partial charge < -0.3 is 15.5 Å². The lowest BCUT2D eigenvalue weighted by atomic mass is 10.1. The van der Waals surface area contributed by atoms with Crippen molar-refractivity contribution in [2.24, 2.45) is 5.73 Å². The van der Waals surface area contributed by atoms with Gasteiger partial charge >= 0.3 is 0 Å². The maximum atomic E-state index is 8.53. The molecule has 25 heavy (non-hydrogen) atoms. The largest absolute Gasteiger partial charge is 0.341 e. The molecular formula is C20H28N4S. The van der Waals surface area contributed by atoms with E-state index in [1.165, 1.54) is 10.4 Å². The highest BCUT2D eigenvalue weighted by Gasteiger charge is 2.24. The van der Waals surface area contributed by atoms with E-state index >= 15 is 0 Å². The third-order valence-electron chi connectivity index (χ3n) is 4.83. The summed E-state index contributed by atoms with van der Waals surface area (Å²) < 4.78 is 0. The number of aryl methyl sites for hydroxylation is 1. The summed E-state index contributed by atoms with van der Waals surface area (Å²) >= 11 is 1.76. The van der Waals surface area contributed by atoms with E-state index in [0.29, 0.717) is 5.84 Å². The molecule has 0 fully saturated rings. The van der Waals surface area contributed by atoms with Crippen molar-refractivity contribution in [3.63, 3.8) is 0 Å². The van der Waals surface area contributed by atoms with E-state index in [4.69, 9.17) is 11.1 Å². The zero-order valence-corrected chi connectivity index (χ0v) is 15.8. The molecule has 3 N–H and O–H groups in total. The molecule has 0 saturated heterocycles. The van der Waals surface area contributed by atoms with Gasteiger partial charge in [-0.2, -0.15) is 0 Å². The predicted molar refractivity (Wildman–Crippen MR) is 106 cm³/mol. The number of fused-ring (bicyclic) bond motifs is 1. The quantitative estimate of drug-likeness (QED) is 0.798. The molecular weight excluding hydrogens is 328 g/mol. The summed E-state index contributed by atoms with van der Waals surface area (Å²) in [6, 6.07) is 12.6. The molecule has 2 aromatic rings. The van der Waals surface area contributed by atoms with E-state index in [9.17, 15) is 0 Å². The van der Waals surface area contributed by atoms with Gasteiger partial charge in [-0.3, -0.25) is 5.41 Å². The number of nitrogens with one attached hydrogen (secondary N) is 1. The van der Waals surface area contributed by atoms with Crippen LogP contribution in [0.4, 0.5) is 0 Å². The van der Waals surface area contributed by atoms with Crippen molar-refractivity contribution in [1.29, 1.82) is 5.41 Å². The van der Waals surface area contributed by atoms with Crippen molar-refractivity contribution in [1.82, 2.24) is 9.80 Å². The van der Waals surface area contributed by atoms with Gasteiger partial charge in [-0.25, -0.2) is 0 Å². The zero-order chi connectivity index (χ0) is 17.6. The standard InChI is InChI=1S/C20H28N4S/c1-23(15-16-7-3-2-4-8-16)12-6-10-19(21)24-13-5-9-18-17(20(24)22)11-14-25-18/h2-4,7-8,11,14,19,22H,5-6,9-10,12-13,15,21H2,1H3. The van der Waals surface area contributed by atoms with Crippen LogP contribution in [-0.4, -0.2) is 41.9 Å². The van der Waals surface area contributed by atoms with Crippen LogP contribution < -0.4 is 5.73 Å². The fraction of sp³-hybridized carbons (Fsp3) is 0.450. The number of thiophene rings is 1. The fourth-order valence-electron chi connectivity index (χ4n) is 3.45. The summed E-state index contributed by atoms with van der Waals surface area (Å²) in [5, 5.41) is 10.6. The lowest BCUT2D eigenvalue weighted by Gasteiger charge is -2.30. The highest BCUT2D eigenvalue weighted by molar-refractivity contribution is 7.10. The van der Waals surface area contributed by atoms with Crippen LogP contribution in [0.25, 0.3) is 0 Å². The Bertz CT molecular complexity index is 682. The molecule has 1 aliphatic heterocycles. The van der Waals surface area contributed by atoms with Crippen molar-refractivity contribution in [3.05, 3.63) is 57.8 Å². The van der Waals surface area contributed by atoms with E-state index in [-0.39, 0.29) is 6.17 Å². The number of nitrogens with zero attached hydrogens (tertiary/aromatic N) is 2. The minimum absolute atomic E-state index is 0.0662. The number of nitrogens with two attached hydrogens (primary N) is 1. The van der Waals surface area contributed by atoms with Gasteiger partial charge in [0.05, 0.1) is 6.17 Å². The maximum Gasteiger partial charge on any atom is 0.130 e. The van der Waals surface area contributed by atoms with Crippen LogP contribution in [0.5, 0.6) is 0 Å². The lowest BCUT2D eigenvalue weighted by molar-refractivity contribution is 0.265. The molecule has 0 saturated carbocycles. The van der Waals surface area contributed by atoms with E-state index in [2.05, 4.69) is 58.6 Å². The molecule has 3 rings (SSSR count). The third kappa shape index (κ3) is 4.69. The van der Waals surface area contributed by atoms with Crippen molar-refractivity contribution in [3.8, 4) is 0 Å². The smallest absolute Gasteiger partial charge is 0.130 e. The molecule has 0 aliphatic carbocycles. The first-order chi connectivity index (χ1) is 12.1. The zero-order valence-electron chi connectivity index (χ0n) is 14.9. The summed E-state index contributed by atoms with van der Waals surface area (Å²) in [4.78, 5) is 5.77. The number of amidine groups is 1. The van der Waals surface area contributed by atoms with Crippen LogP contribution >= 0.6 is 11.3 Å². The number of benzene rings is 1. The number of hydrogen-bond donors (Lipinski definition) is 2. The van der Waals surface area contributed by atoms with Gasteiger partial charge in [0.1, 0.15) is 5.84 Å².